The molecule has 0 aliphatic rings. The summed E-state index contributed by atoms with van der Waals surface area (Å²) in [7, 11) is 1.24. The van der Waals surface area contributed by atoms with Crippen molar-refractivity contribution < 1.29 is 18.8 Å². The molecule has 1 rings (SSSR count). The number of benzene rings is 1. The Balaban J connectivity index is 2.98. The number of hydrogen-bond acceptors (Lipinski definition) is 3. The molecule has 0 bridgehead atoms. The number of carbonyl (C=O) groups is 2. The van der Waals surface area contributed by atoms with Crippen LogP contribution in [0.25, 0.3) is 0 Å². The van der Waals surface area contributed by atoms with Gasteiger partial charge in [-0.05, 0) is 18.2 Å². The molecule has 1 aromatic rings. The summed E-state index contributed by atoms with van der Waals surface area (Å²) < 4.78 is 13.3. The van der Waals surface area contributed by atoms with E-state index in [0.717, 1.165) is 6.07 Å². The van der Waals surface area contributed by atoms with Crippen LogP contribution in [0.2, 0.25) is 0 Å². The fourth-order valence-corrected chi connectivity index (χ4v) is 1.13. The summed E-state index contributed by atoms with van der Waals surface area (Å²) >= 11 is 0. The summed E-state index contributed by atoms with van der Waals surface area (Å²) in [5.74, 6) is -1.71. The van der Waals surface area contributed by atoms with Crippen LogP contribution in [-0.4, -0.2) is 18.9 Å². The first-order valence-corrected chi connectivity index (χ1v) is 4.45. The minimum absolute atomic E-state index is 0.201. The van der Waals surface area contributed by atoms with Crippen LogP contribution >= 0.6 is 0 Å². The maximum atomic E-state index is 13.3. The van der Waals surface area contributed by atoms with Gasteiger partial charge in [0.1, 0.15) is 5.82 Å². The van der Waals surface area contributed by atoms with E-state index in [9.17, 15) is 14.0 Å². The van der Waals surface area contributed by atoms with Gasteiger partial charge in [0.25, 0.3) is 5.91 Å². The molecule has 0 aromatic heterocycles. The Bertz CT molecular complexity index is 421. The number of halogens is 1. The quantitative estimate of drug-likeness (QED) is 0.758. The van der Waals surface area contributed by atoms with E-state index in [-0.39, 0.29) is 11.5 Å². The first kappa shape index (κ1) is 12.1. The topological polar surface area (TPSA) is 67.4 Å². The molecule has 0 aliphatic carbocycles. The molecule has 5 nitrogen and oxygen atoms in total. The molecule has 2 amide bonds. The highest BCUT2D eigenvalue weighted by Crippen LogP contribution is 2.14. The van der Waals surface area contributed by atoms with Crippen LogP contribution in [0.15, 0.2) is 18.2 Å². The summed E-state index contributed by atoms with van der Waals surface area (Å²) in [6, 6.07) is 3.68. The lowest BCUT2D eigenvalue weighted by atomic mass is 10.2. The lowest BCUT2D eigenvalue weighted by molar-refractivity contribution is -0.114. The van der Waals surface area contributed by atoms with E-state index in [2.05, 4.69) is 10.2 Å². The Hall–Kier alpha value is -1.95. The number of rotatable bonds is 3. The Morgan fingerprint density at radius 3 is 2.62 bits per heavy atom. The highest BCUT2D eigenvalue weighted by atomic mass is 19.1. The van der Waals surface area contributed by atoms with Gasteiger partial charge in [-0.2, -0.15) is 0 Å². The van der Waals surface area contributed by atoms with Crippen molar-refractivity contribution in [3.05, 3.63) is 29.6 Å². The Kier molecular flexibility index (Phi) is 3.96. The van der Waals surface area contributed by atoms with Crippen LogP contribution in [0.5, 0.6) is 0 Å². The van der Waals surface area contributed by atoms with Crippen molar-refractivity contribution >= 4 is 17.5 Å². The molecule has 0 saturated carbocycles. The molecular weight excluding hydrogens is 215 g/mol. The number of amides is 2. The third-order valence-corrected chi connectivity index (χ3v) is 1.73. The van der Waals surface area contributed by atoms with Crippen molar-refractivity contribution in [2.75, 3.05) is 12.4 Å². The van der Waals surface area contributed by atoms with Gasteiger partial charge in [0.15, 0.2) is 0 Å². The molecule has 0 radical (unpaired) electrons. The molecule has 0 heterocycles. The smallest absolute Gasteiger partial charge is 0.277 e. The van der Waals surface area contributed by atoms with E-state index < -0.39 is 11.7 Å². The molecular formula is C10H11FN2O3. The van der Waals surface area contributed by atoms with Crippen molar-refractivity contribution in [3.8, 4) is 0 Å². The van der Waals surface area contributed by atoms with Gasteiger partial charge in [-0.15, -0.1) is 0 Å². The van der Waals surface area contributed by atoms with Gasteiger partial charge in [-0.3, -0.25) is 14.4 Å². The second kappa shape index (κ2) is 5.22. The van der Waals surface area contributed by atoms with E-state index in [0.29, 0.717) is 5.69 Å². The maximum absolute atomic E-state index is 13.3. The average molecular weight is 226 g/mol. The van der Waals surface area contributed by atoms with E-state index >= 15 is 0 Å². The molecule has 0 unspecified atom stereocenters. The van der Waals surface area contributed by atoms with Crippen molar-refractivity contribution in [2.45, 2.75) is 6.92 Å². The molecule has 0 spiro atoms. The van der Waals surface area contributed by atoms with Gasteiger partial charge in [-0.25, -0.2) is 9.87 Å². The Morgan fingerprint density at radius 1 is 1.38 bits per heavy atom. The number of anilines is 1. The molecule has 0 atom stereocenters. The number of hydroxylamine groups is 1. The van der Waals surface area contributed by atoms with Crippen LogP contribution in [-0.2, 0) is 9.63 Å². The summed E-state index contributed by atoms with van der Waals surface area (Å²) in [5.41, 5.74) is 2.13. The summed E-state index contributed by atoms with van der Waals surface area (Å²) in [6.45, 7) is 1.32. The molecule has 0 aliphatic heterocycles. The van der Waals surface area contributed by atoms with Crippen molar-refractivity contribution in [1.29, 1.82) is 0 Å². The monoisotopic (exact) mass is 226 g/mol. The van der Waals surface area contributed by atoms with Crippen molar-refractivity contribution in [3.63, 3.8) is 0 Å². The predicted molar refractivity (Wildman–Crippen MR) is 55.2 cm³/mol. The predicted octanol–water partition coefficient (Wildman–Crippen LogP) is 1.08. The van der Waals surface area contributed by atoms with Gasteiger partial charge in [0, 0.05) is 12.6 Å². The van der Waals surface area contributed by atoms with E-state index in [4.69, 9.17) is 0 Å². The van der Waals surface area contributed by atoms with Crippen LogP contribution in [0.3, 0.4) is 0 Å². The minimum atomic E-state index is -0.716. The molecule has 86 valence electrons. The summed E-state index contributed by atoms with van der Waals surface area (Å²) in [4.78, 5) is 26.5. The van der Waals surface area contributed by atoms with Gasteiger partial charge >= 0.3 is 0 Å². The molecule has 1 aromatic carbocycles. The minimum Gasteiger partial charge on any atom is -0.326 e. The third-order valence-electron chi connectivity index (χ3n) is 1.73. The summed E-state index contributed by atoms with van der Waals surface area (Å²) in [6.07, 6.45) is 0. The highest BCUT2D eigenvalue weighted by Gasteiger charge is 2.12. The van der Waals surface area contributed by atoms with E-state index in [1.165, 1.54) is 26.2 Å². The highest BCUT2D eigenvalue weighted by molar-refractivity contribution is 5.96. The Labute approximate surface area is 91.5 Å². The Morgan fingerprint density at radius 2 is 2.06 bits per heavy atom. The fourth-order valence-electron chi connectivity index (χ4n) is 1.13. The van der Waals surface area contributed by atoms with Crippen LogP contribution in [0.1, 0.15) is 17.3 Å². The van der Waals surface area contributed by atoms with E-state index in [1.54, 1.807) is 0 Å². The normalized spacial score (nSPS) is 9.69. The van der Waals surface area contributed by atoms with Gasteiger partial charge in [0.05, 0.1) is 12.7 Å². The molecule has 0 saturated heterocycles. The molecule has 0 fully saturated rings. The van der Waals surface area contributed by atoms with Gasteiger partial charge in [-0.1, -0.05) is 0 Å². The molecule has 2 N–H and O–H groups in total. The molecule has 6 heteroatoms. The summed E-state index contributed by atoms with van der Waals surface area (Å²) in [5, 5.41) is 2.44. The zero-order valence-corrected chi connectivity index (χ0v) is 8.83. The van der Waals surface area contributed by atoms with Crippen LogP contribution in [0.4, 0.5) is 10.1 Å². The van der Waals surface area contributed by atoms with E-state index in [1.807, 2.05) is 5.48 Å². The van der Waals surface area contributed by atoms with Crippen molar-refractivity contribution in [2.24, 2.45) is 0 Å². The lowest BCUT2D eigenvalue weighted by Gasteiger charge is -2.06. The van der Waals surface area contributed by atoms with Crippen LogP contribution in [0, 0.1) is 5.82 Å². The standard InChI is InChI=1S/C10H11FN2O3/c1-6(14)12-7-3-4-9(11)8(5-7)10(15)13-16-2/h3-5H,1-2H3,(H,12,14)(H,13,15). The number of hydrogen-bond donors (Lipinski definition) is 2. The zero-order chi connectivity index (χ0) is 12.1. The van der Waals surface area contributed by atoms with Crippen LogP contribution < -0.4 is 10.8 Å². The van der Waals surface area contributed by atoms with Gasteiger partial charge in [0.2, 0.25) is 5.91 Å². The number of carbonyl (C=O) groups excluding carboxylic acids is 2. The maximum Gasteiger partial charge on any atom is 0.277 e. The lowest BCUT2D eigenvalue weighted by Crippen LogP contribution is -2.23. The second-order valence-corrected chi connectivity index (χ2v) is 3.01. The number of nitrogens with one attached hydrogen (secondary N) is 2. The SMILES string of the molecule is CONC(=O)c1cc(NC(C)=O)ccc1F. The molecule has 16 heavy (non-hydrogen) atoms. The third kappa shape index (κ3) is 3.03. The fraction of sp³-hybridized carbons (Fsp3) is 0.200. The first-order chi connectivity index (χ1) is 7.54. The largest absolute Gasteiger partial charge is 0.326 e. The zero-order valence-electron chi connectivity index (χ0n) is 8.83. The van der Waals surface area contributed by atoms with Crippen molar-refractivity contribution in [1.82, 2.24) is 5.48 Å². The average Bonchev–Trinajstić information content (AvgIpc) is 2.20. The second-order valence-electron chi connectivity index (χ2n) is 3.01. The van der Waals surface area contributed by atoms with Gasteiger partial charge < -0.3 is 5.32 Å². The first-order valence-electron chi connectivity index (χ1n) is 4.45.